The van der Waals surface area contributed by atoms with Crippen molar-refractivity contribution in [1.29, 1.82) is 0 Å². The number of benzene rings is 1. The summed E-state index contributed by atoms with van der Waals surface area (Å²) in [6.07, 6.45) is 1.42. The summed E-state index contributed by atoms with van der Waals surface area (Å²) in [5, 5.41) is 32.7. The molecule has 0 aliphatic carbocycles. The molecule has 4 rings (SSSR count). The average Bonchev–Trinajstić information content (AvgIpc) is 3.47. The maximum Gasteiger partial charge on any atom is 0.354 e. The van der Waals surface area contributed by atoms with E-state index < -0.39 is 40.4 Å². The van der Waals surface area contributed by atoms with Crippen molar-refractivity contribution in [3.8, 4) is 17.1 Å². The lowest BCUT2D eigenvalue weighted by Gasteiger charge is -2.09. The molecule has 3 amide bonds. The Kier molecular flexibility index (Phi) is 7.83. The largest absolute Gasteiger partial charge is 0.507 e. The topological polar surface area (TPSA) is 196 Å². The monoisotopic (exact) mass is 555 g/mol. The molecule has 3 heterocycles. The minimum absolute atomic E-state index is 0.0228. The number of carbonyl (C=O) groups excluding carboxylic acids is 3. The van der Waals surface area contributed by atoms with Gasteiger partial charge in [-0.15, -0.1) is 11.8 Å². The van der Waals surface area contributed by atoms with Gasteiger partial charge in [0.2, 0.25) is 0 Å². The quantitative estimate of drug-likeness (QED) is 0.147. The molecule has 0 bridgehead atoms. The summed E-state index contributed by atoms with van der Waals surface area (Å²) >= 11 is 1.88. The predicted molar refractivity (Wildman–Crippen MR) is 136 cm³/mol. The van der Waals surface area contributed by atoms with Gasteiger partial charge in [0.05, 0.1) is 10.5 Å². The summed E-state index contributed by atoms with van der Waals surface area (Å²) in [5.41, 5.74) is -0.362. The fourth-order valence-corrected chi connectivity index (χ4v) is 4.74. The molecular formula is C24H17N3O9S2. The molecular weight excluding hydrogens is 538 g/mol. The van der Waals surface area contributed by atoms with E-state index in [1.54, 1.807) is 18.2 Å². The summed E-state index contributed by atoms with van der Waals surface area (Å²) < 4.78 is 5.70. The number of phenolic OH excluding ortho intramolecular Hbond substituents is 1. The first-order chi connectivity index (χ1) is 18.1. The number of aromatic nitrogens is 1. The van der Waals surface area contributed by atoms with Crippen molar-refractivity contribution in [3.63, 3.8) is 0 Å². The fourth-order valence-electron chi connectivity index (χ4n) is 3.24. The minimum Gasteiger partial charge on any atom is -0.507 e. The number of furan rings is 1. The Balaban J connectivity index is 1.40. The van der Waals surface area contributed by atoms with Crippen LogP contribution in [-0.4, -0.2) is 61.6 Å². The number of pyridine rings is 1. The summed E-state index contributed by atoms with van der Waals surface area (Å²) in [6.45, 7) is 0.122. The van der Waals surface area contributed by atoms with E-state index in [4.69, 9.17) is 14.6 Å². The highest BCUT2D eigenvalue weighted by molar-refractivity contribution is 8.18. The van der Waals surface area contributed by atoms with Crippen molar-refractivity contribution in [2.75, 3.05) is 12.3 Å². The van der Waals surface area contributed by atoms with Crippen LogP contribution in [-0.2, 0) is 4.79 Å². The van der Waals surface area contributed by atoms with E-state index in [9.17, 15) is 29.1 Å². The van der Waals surface area contributed by atoms with Crippen LogP contribution in [0.4, 0.5) is 4.79 Å². The molecule has 0 unspecified atom stereocenters. The summed E-state index contributed by atoms with van der Waals surface area (Å²) in [7, 11) is 0. The van der Waals surface area contributed by atoms with E-state index in [1.807, 2.05) is 0 Å². The number of aromatic carboxylic acids is 2. The molecule has 0 radical (unpaired) electrons. The molecule has 1 saturated heterocycles. The number of phenols is 1. The van der Waals surface area contributed by atoms with E-state index in [2.05, 4.69) is 15.6 Å². The van der Waals surface area contributed by atoms with Crippen molar-refractivity contribution in [3.05, 3.63) is 70.1 Å². The molecule has 2 aromatic heterocycles. The van der Waals surface area contributed by atoms with Gasteiger partial charge in [0.15, 0.2) is 0 Å². The standard InChI is InChI=1S/C24H17N3O9S2/c28-17-3-1-11(18-4-2-12(36-18)8-19-21(30)27-24(35)38-19)7-14(17)20(29)25-5-6-37-13-9-15(22(31)32)26-16(10-13)23(33)34/h1-4,7-10,28H,5-6H2,(H,25,29)(H,31,32)(H,33,34)(H,27,30,35). The second-order valence-corrected chi connectivity index (χ2v) is 9.76. The van der Waals surface area contributed by atoms with Crippen molar-refractivity contribution >= 4 is 58.6 Å². The SMILES string of the molecule is O=C1NC(=O)C(=Cc2ccc(-c3ccc(O)c(C(=O)NCCSc4cc(C(=O)O)nc(C(=O)O)c4)c3)o2)S1. The van der Waals surface area contributed by atoms with Crippen LogP contribution >= 0.6 is 23.5 Å². The van der Waals surface area contributed by atoms with E-state index in [-0.39, 0.29) is 28.5 Å². The number of hydrogen-bond acceptors (Lipinski definition) is 10. The van der Waals surface area contributed by atoms with Crippen LogP contribution in [0.25, 0.3) is 17.4 Å². The van der Waals surface area contributed by atoms with Gasteiger partial charge >= 0.3 is 11.9 Å². The highest BCUT2D eigenvalue weighted by atomic mass is 32.2. The van der Waals surface area contributed by atoms with Crippen LogP contribution in [0.1, 0.15) is 37.1 Å². The van der Waals surface area contributed by atoms with E-state index in [0.29, 0.717) is 22.0 Å². The highest BCUT2D eigenvalue weighted by Crippen LogP contribution is 2.30. The lowest BCUT2D eigenvalue weighted by atomic mass is 10.1. The molecule has 12 nitrogen and oxygen atoms in total. The number of aromatic hydroxyl groups is 1. The Morgan fingerprint density at radius 2 is 1.76 bits per heavy atom. The lowest BCUT2D eigenvalue weighted by Crippen LogP contribution is -2.25. The summed E-state index contributed by atoms with van der Waals surface area (Å²) in [4.78, 5) is 62.2. The molecule has 0 spiro atoms. The van der Waals surface area contributed by atoms with Crippen LogP contribution in [0, 0.1) is 0 Å². The molecule has 0 saturated carbocycles. The molecule has 1 fully saturated rings. The van der Waals surface area contributed by atoms with Gasteiger partial charge in [-0.3, -0.25) is 19.7 Å². The second-order valence-electron chi connectivity index (χ2n) is 7.57. The highest BCUT2D eigenvalue weighted by Gasteiger charge is 2.25. The average molecular weight is 556 g/mol. The number of carboxylic acid groups (broad SMARTS) is 2. The molecule has 1 aliphatic rings. The first kappa shape index (κ1) is 26.5. The Morgan fingerprint density at radius 1 is 1.05 bits per heavy atom. The van der Waals surface area contributed by atoms with Crippen LogP contribution in [0.5, 0.6) is 5.75 Å². The Hall–Kier alpha value is -4.56. The van der Waals surface area contributed by atoms with Crippen LogP contribution in [0.15, 0.2) is 56.7 Å². The van der Waals surface area contributed by atoms with Crippen molar-refractivity contribution in [2.24, 2.45) is 0 Å². The molecule has 38 heavy (non-hydrogen) atoms. The third kappa shape index (κ3) is 6.22. The fraction of sp³-hybridized carbons (Fsp3) is 0.0833. The van der Waals surface area contributed by atoms with E-state index in [1.165, 1.54) is 30.3 Å². The van der Waals surface area contributed by atoms with Gasteiger partial charge in [0.25, 0.3) is 17.1 Å². The Labute approximate surface area is 222 Å². The number of thioether (sulfide) groups is 2. The number of carbonyl (C=O) groups is 5. The van der Waals surface area contributed by atoms with Crippen LogP contribution in [0.3, 0.4) is 0 Å². The summed E-state index contributed by atoms with van der Waals surface area (Å²) in [6, 6.07) is 9.97. The predicted octanol–water partition coefficient (Wildman–Crippen LogP) is 3.29. The van der Waals surface area contributed by atoms with Gasteiger partial charge in [-0.25, -0.2) is 14.6 Å². The third-order valence-corrected chi connectivity index (χ3v) is 6.75. The molecule has 0 atom stereocenters. The van der Waals surface area contributed by atoms with Gasteiger partial charge in [-0.2, -0.15) is 0 Å². The molecule has 194 valence electrons. The number of hydrogen-bond donors (Lipinski definition) is 5. The smallest absolute Gasteiger partial charge is 0.354 e. The van der Waals surface area contributed by atoms with Gasteiger partial charge in [-0.1, -0.05) is 0 Å². The van der Waals surface area contributed by atoms with Crippen LogP contribution in [0.2, 0.25) is 0 Å². The Morgan fingerprint density at radius 3 is 2.39 bits per heavy atom. The Bertz CT molecular complexity index is 1480. The molecule has 5 N–H and O–H groups in total. The van der Waals surface area contributed by atoms with Crippen molar-refractivity contribution < 1.29 is 43.7 Å². The maximum absolute atomic E-state index is 12.7. The number of carboxylic acids is 2. The van der Waals surface area contributed by atoms with Crippen molar-refractivity contribution in [2.45, 2.75) is 4.90 Å². The molecule has 3 aromatic rings. The molecule has 1 aromatic carbocycles. The van der Waals surface area contributed by atoms with Gasteiger partial charge in [0, 0.05) is 28.8 Å². The zero-order valence-corrected chi connectivity index (χ0v) is 20.7. The molecule has 1 aliphatic heterocycles. The first-order valence-electron chi connectivity index (χ1n) is 10.7. The molecule has 14 heteroatoms. The zero-order chi connectivity index (χ0) is 27.4. The van der Waals surface area contributed by atoms with Gasteiger partial charge < -0.3 is 25.1 Å². The first-order valence-corrected chi connectivity index (χ1v) is 12.5. The normalized spacial score (nSPS) is 13.9. The number of rotatable bonds is 9. The third-order valence-electron chi connectivity index (χ3n) is 4.96. The maximum atomic E-state index is 12.7. The number of amides is 3. The number of nitrogens with zero attached hydrogens (tertiary/aromatic N) is 1. The van der Waals surface area contributed by atoms with E-state index >= 15 is 0 Å². The second kappa shape index (κ2) is 11.2. The van der Waals surface area contributed by atoms with Crippen LogP contribution < -0.4 is 10.6 Å². The van der Waals surface area contributed by atoms with Gasteiger partial charge in [0.1, 0.15) is 28.7 Å². The lowest BCUT2D eigenvalue weighted by molar-refractivity contribution is -0.115. The van der Waals surface area contributed by atoms with Gasteiger partial charge in [-0.05, 0) is 54.2 Å². The van der Waals surface area contributed by atoms with E-state index in [0.717, 1.165) is 23.5 Å². The number of imide groups is 1. The number of nitrogens with one attached hydrogen (secondary N) is 2. The minimum atomic E-state index is -1.36. The van der Waals surface area contributed by atoms with Crippen molar-refractivity contribution in [1.82, 2.24) is 15.6 Å². The zero-order valence-electron chi connectivity index (χ0n) is 19.1. The summed E-state index contributed by atoms with van der Waals surface area (Å²) in [5.74, 6) is -3.14.